The quantitative estimate of drug-likeness (QED) is 0.894. The Labute approximate surface area is 134 Å². The Morgan fingerprint density at radius 3 is 2.71 bits per heavy atom. The summed E-state index contributed by atoms with van der Waals surface area (Å²) in [4.78, 5) is 8.78. The van der Waals surface area contributed by atoms with Crippen LogP contribution < -0.4 is 5.32 Å². The fourth-order valence-corrected chi connectivity index (χ4v) is 4.23. The number of nitrogens with zero attached hydrogens (tertiary/aromatic N) is 2. The maximum Gasteiger partial charge on any atom is 0.0985 e. The summed E-state index contributed by atoms with van der Waals surface area (Å²) in [6.07, 6.45) is 2.69. The van der Waals surface area contributed by atoms with Gasteiger partial charge >= 0.3 is 0 Å². The molecule has 1 N–H and O–H groups in total. The van der Waals surface area contributed by atoms with E-state index in [1.54, 1.807) is 0 Å². The molecule has 4 heteroatoms. The minimum Gasteiger partial charge on any atom is -0.308 e. The first kappa shape index (κ1) is 16.9. The van der Waals surface area contributed by atoms with Gasteiger partial charge in [-0.1, -0.05) is 27.7 Å². The molecule has 1 aliphatic rings. The van der Waals surface area contributed by atoms with Gasteiger partial charge in [0.1, 0.15) is 0 Å². The molecule has 0 bridgehead atoms. The second kappa shape index (κ2) is 6.76. The molecule has 1 aromatic heterocycles. The van der Waals surface area contributed by atoms with Crippen LogP contribution in [0.5, 0.6) is 0 Å². The lowest BCUT2D eigenvalue weighted by Crippen LogP contribution is -2.38. The van der Waals surface area contributed by atoms with E-state index in [0.717, 1.165) is 6.54 Å². The van der Waals surface area contributed by atoms with Gasteiger partial charge in [0.25, 0.3) is 0 Å². The highest BCUT2D eigenvalue weighted by atomic mass is 32.1. The van der Waals surface area contributed by atoms with Crippen molar-refractivity contribution >= 4 is 11.3 Å². The summed E-state index contributed by atoms with van der Waals surface area (Å²) in [5, 5.41) is 4.99. The largest absolute Gasteiger partial charge is 0.308 e. The van der Waals surface area contributed by atoms with Crippen LogP contribution in [-0.4, -0.2) is 35.6 Å². The van der Waals surface area contributed by atoms with Gasteiger partial charge in [-0.25, -0.2) is 4.98 Å². The molecule has 120 valence electrons. The Balaban J connectivity index is 1.97. The van der Waals surface area contributed by atoms with Crippen LogP contribution in [0.4, 0.5) is 0 Å². The van der Waals surface area contributed by atoms with E-state index in [4.69, 9.17) is 4.98 Å². The lowest BCUT2D eigenvalue weighted by molar-refractivity contribution is 0.255. The van der Waals surface area contributed by atoms with Crippen LogP contribution in [0.25, 0.3) is 0 Å². The lowest BCUT2D eigenvalue weighted by atomic mass is 9.98. The normalized spacial score (nSPS) is 21.9. The van der Waals surface area contributed by atoms with E-state index in [-0.39, 0.29) is 5.41 Å². The molecule has 0 saturated carbocycles. The van der Waals surface area contributed by atoms with Gasteiger partial charge in [0, 0.05) is 28.9 Å². The average Bonchev–Trinajstić information content (AvgIpc) is 3.01. The molecule has 0 aliphatic carbocycles. The van der Waals surface area contributed by atoms with E-state index in [1.807, 2.05) is 11.3 Å². The Hall–Kier alpha value is -0.450. The Bertz CT molecular complexity index is 461. The number of aromatic nitrogens is 1. The monoisotopic (exact) mass is 309 g/mol. The van der Waals surface area contributed by atoms with Crippen LogP contribution in [0.2, 0.25) is 0 Å². The number of hydrogen-bond donors (Lipinski definition) is 1. The van der Waals surface area contributed by atoms with Gasteiger partial charge in [-0.2, -0.15) is 0 Å². The molecule has 1 aliphatic heterocycles. The van der Waals surface area contributed by atoms with Gasteiger partial charge in [-0.05, 0) is 39.8 Å². The van der Waals surface area contributed by atoms with Crippen molar-refractivity contribution in [1.29, 1.82) is 0 Å². The number of nitrogens with one attached hydrogen (secondary N) is 1. The molecule has 2 rings (SSSR count). The predicted octanol–water partition coefficient (Wildman–Crippen LogP) is 3.88. The predicted molar refractivity (Wildman–Crippen MR) is 92.2 cm³/mol. The minimum absolute atomic E-state index is 0.151. The molecule has 2 unspecified atom stereocenters. The van der Waals surface area contributed by atoms with E-state index in [2.05, 4.69) is 51.8 Å². The summed E-state index contributed by atoms with van der Waals surface area (Å²) >= 11 is 1.88. The zero-order valence-corrected chi connectivity index (χ0v) is 15.3. The number of rotatable bonds is 5. The van der Waals surface area contributed by atoms with E-state index < -0.39 is 0 Å². The third-order valence-electron chi connectivity index (χ3n) is 4.43. The topological polar surface area (TPSA) is 28.2 Å². The smallest absolute Gasteiger partial charge is 0.0985 e. The number of hydrogen-bond acceptors (Lipinski definition) is 4. The Morgan fingerprint density at radius 1 is 1.43 bits per heavy atom. The summed E-state index contributed by atoms with van der Waals surface area (Å²) in [6.45, 7) is 17.0. The third-order valence-corrected chi connectivity index (χ3v) is 6.20. The number of aryl methyl sites for hydroxylation is 1. The van der Waals surface area contributed by atoms with E-state index in [1.165, 1.54) is 41.5 Å². The van der Waals surface area contributed by atoms with Crippen molar-refractivity contribution in [3.63, 3.8) is 0 Å². The fourth-order valence-electron chi connectivity index (χ4n) is 3.08. The van der Waals surface area contributed by atoms with Gasteiger partial charge in [0.2, 0.25) is 0 Å². The second-order valence-electron chi connectivity index (χ2n) is 7.27. The molecule has 1 aromatic rings. The van der Waals surface area contributed by atoms with E-state index in [0.29, 0.717) is 12.1 Å². The molecule has 0 aromatic carbocycles. The third kappa shape index (κ3) is 4.05. The van der Waals surface area contributed by atoms with Gasteiger partial charge in [-0.15, -0.1) is 11.3 Å². The fraction of sp³-hybridized carbons (Fsp3) is 0.824. The number of thiazole rings is 1. The van der Waals surface area contributed by atoms with Crippen LogP contribution in [0.15, 0.2) is 0 Å². The van der Waals surface area contributed by atoms with Crippen molar-refractivity contribution in [3.05, 3.63) is 15.6 Å². The van der Waals surface area contributed by atoms with Crippen molar-refractivity contribution in [2.24, 2.45) is 0 Å². The summed E-state index contributed by atoms with van der Waals surface area (Å²) in [5.41, 5.74) is 1.35. The summed E-state index contributed by atoms with van der Waals surface area (Å²) in [5.74, 6) is 0. The van der Waals surface area contributed by atoms with Gasteiger partial charge in [0.15, 0.2) is 0 Å². The SMILES string of the molecule is CCN1CCCC1CNC(C)c1sc(C(C)(C)C)nc1C. The maximum absolute atomic E-state index is 4.78. The van der Waals surface area contributed by atoms with Crippen molar-refractivity contribution in [2.45, 2.75) is 71.9 Å². The molecule has 3 nitrogen and oxygen atoms in total. The summed E-state index contributed by atoms with van der Waals surface area (Å²) in [7, 11) is 0. The molecule has 0 radical (unpaired) electrons. The molecule has 1 saturated heterocycles. The number of likely N-dealkylation sites (tertiary alicyclic amines) is 1. The second-order valence-corrected chi connectivity index (χ2v) is 8.30. The van der Waals surface area contributed by atoms with Crippen LogP contribution >= 0.6 is 11.3 Å². The Kier molecular flexibility index (Phi) is 5.44. The van der Waals surface area contributed by atoms with E-state index >= 15 is 0 Å². The van der Waals surface area contributed by atoms with Gasteiger partial charge < -0.3 is 5.32 Å². The summed E-state index contributed by atoms with van der Waals surface area (Å²) < 4.78 is 0. The molecule has 0 spiro atoms. The maximum atomic E-state index is 4.78. The first-order chi connectivity index (χ1) is 9.82. The molecule has 1 fully saturated rings. The van der Waals surface area contributed by atoms with Crippen LogP contribution in [0.1, 0.15) is 69.1 Å². The first-order valence-electron chi connectivity index (χ1n) is 8.28. The van der Waals surface area contributed by atoms with Gasteiger partial charge in [0.05, 0.1) is 10.7 Å². The zero-order valence-electron chi connectivity index (χ0n) is 14.5. The Morgan fingerprint density at radius 2 is 2.14 bits per heavy atom. The molecule has 0 amide bonds. The first-order valence-corrected chi connectivity index (χ1v) is 9.09. The van der Waals surface area contributed by atoms with Gasteiger partial charge in [-0.3, -0.25) is 4.90 Å². The number of likely N-dealkylation sites (N-methyl/N-ethyl adjacent to an activating group) is 1. The minimum atomic E-state index is 0.151. The highest BCUT2D eigenvalue weighted by Crippen LogP contribution is 2.32. The highest BCUT2D eigenvalue weighted by Gasteiger charge is 2.25. The van der Waals surface area contributed by atoms with Crippen molar-refractivity contribution in [1.82, 2.24) is 15.2 Å². The summed E-state index contributed by atoms with van der Waals surface area (Å²) in [6, 6.07) is 1.12. The zero-order chi connectivity index (χ0) is 15.6. The lowest BCUT2D eigenvalue weighted by Gasteiger charge is -2.24. The average molecular weight is 310 g/mol. The standard InChI is InChI=1S/C17H31N3S/c1-7-20-10-8-9-14(20)11-18-12(2)15-13(3)19-16(21-15)17(4,5)6/h12,14,18H,7-11H2,1-6H3. The van der Waals surface area contributed by atoms with Crippen molar-refractivity contribution < 1.29 is 0 Å². The molecule has 2 atom stereocenters. The van der Waals surface area contributed by atoms with Crippen molar-refractivity contribution in [3.8, 4) is 0 Å². The van der Waals surface area contributed by atoms with Crippen LogP contribution in [-0.2, 0) is 5.41 Å². The molecule has 2 heterocycles. The van der Waals surface area contributed by atoms with Crippen LogP contribution in [0.3, 0.4) is 0 Å². The van der Waals surface area contributed by atoms with Crippen molar-refractivity contribution in [2.75, 3.05) is 19.6 Å². The molecular weight excluding hydrogens is 278 g/mol. The highest BCUT2D eigenvalue weighted by molar-refractivity contribution is 7.12. The molecule has 21 heavy (non-hydrogen) atoms. The van der Waals surface area contributed by atoms with E-state index in [9.17, 15) is 0 Å². The van der Waals surface area contributed by atoms with Crippen LogP contribution in [0, 0.1) is 6.92 Å². The molecular formula is C17H31N3S.